The molecule has 1 aliphatic rings. The van der Waals surface area contributed by atoms with Crippen LogP contribution in [0.3, 0.4) is 0 Å². The van der Waals surface area contributed by atoms with Gasteiger partial charge in [0.25, 0.3) is 0 Å². The van der Waals surface area contributed by atoms with E-state index in [1.165, 1.54) is 32.4 Å². The van der Waals surface area contributed by atoms with Crippen LogP contribution in [0.15, 0.2) is 6.20 Å². The summed E-state index contributed by atoms with van der Waals surface area (Å²) in [5.74, 6) is 0.291. The fourth-order valence-corrected chi connectivity index (χ4v) is 3.66. The van der Waals surface area contributed by atoms with Crippen LogP contribution in [0, 0.1) is 13.8 Å². The lowest BCUT2D eigenvalue weighted by atomic mass is 9.94. The number of piperidine rings is 1. The van der Waals surface area contributed by atoms with Gasteiger partial charge in [-0.2, -0.15) is 0 Å². The molecule has 1 saturated heterocycles. The van der Waals surface area contributed by atoms with Gasteiger partial charge in [-0.1, -0.05) is 6.42 Å². The summed E-state index contributed by atoms with van der Waals surface area (Å²) in [7, 11) is 1.81. The monoisotopic (exact) mass is 390 g/mol. The Morgan fingerprint density at radius 1 is 1.21 bits per heavy atom. The molecule has 0 saturated carbocycles. The van der Waals surface area contributed by atoms with E-state index >= 15 is 0 Å². The summed E-state index contributed by atoms with van der Waals surface area (Å²) < 4.78 is 5.49. The van der Waals surface area contributed by atoms with Crippen molar-refractivity contribution < 1.29 is 9.53 Å². The van der Waals surface area contributed by atoms with Crippen LogP contribution < -0.4 is 0 Å². The SMILES string of the molecule is Cc1cnc(C)c([C@@H](CCN2CCCCC2)CCN(C)C(=O)OC(C)(C)C)n1. The molecule has 0 N–H and O–H groups in total. The van der Waals surface area contributed by atoms with E-state index in [-0.39, 0.29) is 6.09 Å². The van der Waals surface area contributed by atoms with E-state index in [0.29, 0.717) is 12.5 Å². The van der Waals surface area contributed by atoms with Crippen molar-refractivity contribution in [1.29, 1.82) is 0 Å². The Hall–Kier alpha value is -1.69. The van der Waals surface area contributed by atoms with Gasteiger partial charge in [-0.15, -0.1) is 0 Å². The van der Waals surface area contributed by atoms with Crippen LogP contribution in [-0.4, -0.2) is 64.7 Å². The smallest absolute Gasteiger partial charge is 0.410 e. The summed E-state index contributed by atoms with van der Waals surface area (Å²) >= 11 is 0. The highest BCUT2D eigenvalue weighted by atomic mass is 16.6. The molecule has 1 atom stereocenters. The summed E-state index contributed by atoms with van der Waals surface area (Å²) in [4.78, 5) is 25.9. The highest BCUT2D eigenvalue weighted by Gasteiger charge is 2.23. The van der Waals surface area contributed by atoms with Crippen LogP contribution in [0.5, 0.6) is 0 Å². The summed E-state index contributed by atoms with van der Waals surface area (Å²) in [6.45, 7) is 13.8. The van der Waals surface area contributed by atoms with Crippen LogP contribution in [-0.2, 0) is 4.74 Å². The van der Waals surface area contributed by atoms with E-state index in [0.717, 1.165) is 36.5 Å². The Labute approximate surface area is 170 Å². The zero-order valence-electron chi connectivity index (χ0n) is 18.6. The fourth-order valence-electron chi connectivity index (χ4n) is 3.66. The normalized spacial score (nSPS) is 16.6. The molecule has 1 amide bonds. The topological polar surface area (TPSA) is 58.6 Å². The van der Waals surface area contributed by atoms with Gasteiger partial charge >= 0.3 is 6.09 Å². The van der Waals surface area contributed by atoms with Crippen molar-refractivity contribution in [2.75, 3.05) is 33.2 Å². The number of likely N-dealkylation sites (tertiary alicyclic amines) is 1. The second-order valence-corrected chi connectivity index (χ2v) is 9.06. The van der Waals surface area contributed by atoms with E-state index < -0.39 is 5.60 Å². The van der Waals surface area contributed by atoms with Gasteiger partial charge in [-0.3, -0.25) is 9.97 Å². The molecule has 0 aromatic carbocycles. The number of hydrogen-bond acceptors (Lipinski definition) is 5. The number of nitrogens with zero attached hydrogens (tertiary/aromatic N) is 4. The minimum Gasteiger partial charge on any atom is -0.444 e. The number of carbonyl (C=O) groups excluding carboxylic acids is 1. The van der Waals surface area contributed by atoms with Crippen molar-refractivity contribution in [3.05, 3.63) is 23.3 Å². The Bertz CT molecular complexity index is 636. The molecule has 0 radical (unpaired) electrons. The zero-order chi connectivity index (χ0) is 20.7. The van der Waals surface area contributed by atoms with Crippen molar-refractivity contribution in [3.63, 3.8) is 0 Å². The third-order valence-corrected chi connectivity index (χ3v) is 5.26. The van der Waals surface area contributed by atoms with Crippen LogP contribution in [0.25, 0.3) is 0 Å². The Balaban J connectivity index is 2.02. The van der Waals surface area contributed by atoms with Crippen LogP contribution in [0.2, 0.25) is 0 Å². The van der Waals surface area contributed by atoms with E-state index in [2.05, 4.69) is 9.88 Å². The number of hydrogen-bond donors (Lipinski definition) is 0. The van der Waals surface area contributed by atoms with Crippen molar-refractivity contribution in [1.82, 2.24) is 19.8 Å². The molecule has 2 heterocycles. The lowest BCUT2D eigenvalue weighted by molar-refractivity contribution is 0.0293. The highest BCUT2D eigenvalue weighted by molar-refractivity contribution is 5.67. The maximum absolute atomic E-state index is 12.3. The Morgan fingerprint density at radius 3 is 2.54 bits per heavy atom. The highest BCUT2D eigenvalue weighted by Crippen LogP contribution is 2.26. The van der Waals surface area contributed by atoms with Crippen LogP contribution in [0.1, 0.15) is 75.9 Å². The minimum absolute atomic E-state index is 0.269. The van der Waals surface area contributed by atoms with Gasteiger partial charge in [0.05, 0.1) is 17.1 Å². The molecule has 0 bridgehead atoms. The molecule has 1 aromatic heterocycles. The summed E-state index contributed by atoms with van der Waals surface area (Å²) in [5, 5.41) is 0. The third-order valence-electron chi connectivity index (χ3n) is 5.26. The first-order valence-electron chi connectivity index (χ1n) is 10.6. The Morgan fingerprint density at radius 2 is 1.89 bits per heavy atom. The first kappa shape index (κ1) is 22.6. The van der Waals surface area contributed by atoms with Gasteiger partial charge in [0.15, 0.2) is 0 Å². The molecule has 1 fully saturated rings. The summed E-state index contributed by atoms with van der Waals surface area (Å²) in [6.07, 6.45) is 7.42. The number of ether oxygens (including phenoxy) is 1. The quantitative estimate of drug-likeness (QED) is 0.694. The molecular formula is C22H38N4O2. The Kier molecular flexibility index (Phi) is 8.23. The predicted molar refractivity (Wildman–Crippen MR) is 113 cm³/mol. The molecule has 0 unspecified atom stereocenters. The van der Waals surface area contributed by atoms with Gasteiger partial charge in [-0.25, -0.2) is 4.79 Å². The van der Waals surface area contributed by atoms with Crippen LogP contribution >= 0.6 is 0 Å². The van der Waals surface area contributed by atoms with Gasteiger partial charge in [0, 0.05) is 25.7 Å². The molecule has 2 rings (SSSR count). The van der Waals surface area contributed by atoms with Crippen molar-refractivity contribution in [2.24, 2.45) is 0 Å². The van der Waals surface area contributed by atoms with Crippen LogP contribution in [0.4, 0.5) is 4.79 Å². The fraction of sp³-hybridized carbons (Fsp3) is 0.773. The van der Waals surface area contributed by atoms with Crippen molar-refractivity contribution in [3.8, 4) is 0 Å². The molecule has 1 aromatic rings. The molecule has 6 nitrogen and oxygen atoms in total. The lowest BCUT2D eigenvalue weighted by Gasteiger charge is -2.29. The average molecular weight is 391 g/mol. The van der Waals surface area contributed by atoms with E-state index in [1.54, 1.807) is 4.90 Å². The van der Waals surface area contributed by atoms with Crippen molar-refractivity contribution >= 4 is 6.09 Å². The van der Waals surface area contributed by atoms with Gasteiger partial charge in [0.1, 0.15) is 5.60 Å². The van der Waals surface area contributed by atoms with E-state index in [1.807, 2.05) is 47.9 Å². The first-order chi connectivity index (χ1) is 13.2. The predicted octanol–water partition coefficient (Wildman–Crippen LogP) is 4.31. The number of aromatic nitrogens is 2. The number of carbonyl (C=O) groups is 1. The van der Waals surface area contributed by atoms with Gasteiger partial charge < -0.3 is 14.5 Å². The number of rotatable bonds is 7. The minimum atomic E-state index is -0.475. The summed E-state index contributed by atoms with van der Waals surface area (Å²) in [5.41, 5.74) is 2.55. The molecular weight excluding hydrogens is 352 g/mol. The molecule has 6 heteroatoms. The number of aryl methyl sites for hydroxylation is 2. The third kappa shape index (κ3) is 7.38. The number of amides is 1. The largest absolute Gasteiger partial charge is 0.444 e. The molecule has 158 valence electrons. The van der Waals surface area contributed by atoms with E-state index in [9.17, 15) is 4.79 Å². The standard InChI is InChI=1S/C22H38N4O2/c1-17-16-23-18(2)20(24-17)19(11-15-26-12-8-7-9-13-26)10-14-25(6)21(27)28-22(3,4)5/h16,19H,7-15H2,1-6H3/t19-/m1/s1. The lowest BCUT2D eigenvalue weighted by Crippen LogP contribution is -2.35. The zero-order valence-corrected chi connectivity index (χ0v) is 18.6. The maximum Gasteiger partial charge on any atom is 0.410 e. The molecule has 28 heavy (non-hydrogen) atoms. The maximum atomic E-state index is 12.3. The van der Waals surface area contributed by atoms with Gasteiger partial charge in [0.2, 0.25) is 0 Å². The van der Waals surface area contributed by atoms with E-state index in [4.69, 9.17) is 9.72 Å². The van der Waals surface area contributed by atoms with Crippen molar-refractivity contribution in [2.45, 2.75) is 78.2 Å². The molecule has 0 aliphatic carbocycles. The molecule has 1 aliphatic heterocycles. The first-order valence-corrected chi connectivity index (χ1v) is 10.6. The molecule has 0 spiro atoms. The second kappa shape index (κ2) is 10.2. The average Bonchev–Trinajstić information content (AvgIpc) is 2.63. The second-order valence-electron chi connectivity index (χ2n) is 9.06. The summed E-state index contributed by atoms with van der Waals surface area (Å²) in [6, 6.07) is 0. The van der Waals surface area contributed by atoms with Gasteiger partial charge in [-0.05, 0) is 79.9 Å².